The van der Waals surface area contributed by atoms with E-state index in [0.29, 0.717) is 5.56 Å². The number of benzene rings is 2. The number of rotatable bonds is 9. The summed E-state index contributed by atoms with van der Waals surface area (Å²) in [5.74, 6) is -1.40. The van der Waals surface area contributed by atoms with Crippen molar-refractivity contribution in [3.63, 3.8) is 0 Å². The summed E-state index contributed by atoms with van der Waals surface area (Å²) in [6, 6.07) is 16.0. The van der Waals surface area contributed by atoms with Crippen molar-refractivity contribution in [3.8, 4) is 6.07 Å². The molecule has 0 saturated carbocycles. The Morgan fingerprint density at radius 1 is 0.969 bits per heavy atom. The second kappa shape index (κ2) is 12.1. The molecule has 0 aliphatic carbocycles. The SMILES string of the molecule is COC(=O)[C@H](Cc1ccc(C#N)cc1)NC(=O)[C@H](NC(=O)OCc1ccccc1)C(C)C. The van der Waals surface area contributed by atoms with Gasteiger partial charge in [-0.05, 0) is 29.2 Å². The minimum atomic E-state index is -0.955. The summed E-state index contributed by atoms with van der Waals surface area (Å²) in [5, 5.41) is 14.1. The largest absolute Gasteiger partial charge is 0.467 e. The maximum Gasteiger partial charge on any atom is 0.408 e. The Kier molecular flexibility index (Phi) is 9.23. The lowest BCUT2D eigenvalue weighted by Gasteiger charge is -2.24. The van der Waals surface area contributed by atoms with Crippen LogP contribution in [-0.4, -0.2) is 37.2 Å². The highest BCUT2D eigenvalue weighted by atomic mass is 16.5. The van der Waals surface area contributed by atoms with Crippen molar-refractivity contribution < 1.29 is 23.9 Å². The first-order valence-corrected chi connectivity index (χ1v) is 10.2. The molecule has 0 saturated heterocycles. The molecule has 2 atom stereocenters. The van der Waals surface area contributed by atoms with Crippen LogP contribution in [-0.2, 0) is 32.1 Å². The van der Waals surface area contributed by atoms with Gasteiger partial charge in [0.1, 0.15) is 18.7 Å². The molecule has 2 rings (SSSR count). The molecule has 8 heteroatoms. The van der Waals surface area contributed by atoms with E-state index in [4.69, 9.17) is 14.7 Å². The zero-order chi connectivity index (χ0) is 23.5. The van der Waals surface area contributed by atoms with Gasteiger partial charge in [-0.15, -0.1) is 0 Å². The molecule has 0 spiro atoms. The van der Waals surface area contributed by atoms with Gasteiger partial charge in [0.2, 0.25) is 5.91 Å². The lowest BCUT2D eigenvalue weighted by atomic mass is 10.0. The fourth-order valence-corrected chi connectivity index (χ4v) is 2.97. The van der Waals surface area contributed by atoms with E-state index in [2.05, 4.69) is 10.6 Å². The number of ether oxygens (including phenoxy) is 2. The third kappa shape index (κ3) is 7.43. The lowest BCUT2D eigenvalue weighted by molar-refractivity contribution is -0.145. The van der Waals surface area contributed by atoms with Crippen LogP contribution in [0.4, 0.5) is 4.79 Å². The number of carbonyl (C=O) groups is 3. The molecule has 8 nitrogen and oxygen atoms in total. The number of nitriles is 1. The summed E-state index contributed by atoms with van der Waals surface area (Å²) in [6.45, 7) is 3.62. The topological polar surface area (TPSA) is 118 Å². The summed E-state index contributed by atoms with van der Waals surface area (Å²) in [7, 11) is 1.24. The molecule has 168 valence electrons. The molecule has 0 aromatic heterocycles. The number of hydrogen-bond donors (Lipinski definition) is 2. The van der Waals surface area contributed by atoms with Crippen molar-refractivity contribution in [3.05, 3.63) is 71.3 Å². The third-order valence-electron chi connectivity index (χ3n) is 4.76. The van der Waals surface area contributed by atoms with E-state index in [1.807, 2.05) is 36.4 Å². The number of carbonyl (C=O) groups excluding carboxylic acids is 3. The molecule has 32 heavy (non-hydrogen) atoms. The Bertz CT molecular complexity index is 952. The van der Waals surface area contributed by atoms with Crippen LogP contribution in [0.25, 0.3) is 0 Å². The van der Waals surface area contributed by atoms with Gasteiger partial charge in [-0.3, -0.25) is 4.79 Å². The number of amides is 2. The molecular formula is C24H27N3O5. The van der Waals surface area contributed by atoms with E-state index in [9.17, 15) is 14.4 Å². The normalized spacial score (nSPS) is 12.2. The van der Waals surface area contributed by atoms with Gasteiger partial charge in [0.15, 0.2) is 0 Å². The predicted octanol–water partition coefficient (Wildman–Crippen LogP) is 2.71. The molecule has 0 bridgehead atoms. The first-order valence-electron chi connectivity index (χ1n) is 10.2. The smallest absolute Gasteiger partial charge is 0.408 e. The fraction of sp³-hybridized carbons (Fsp3) is 0.333. The zero-order valence-corrected chi connectivity index (χ0v) is 18.3. The maximum atomic E-state index is 12.9. The number of nitrogens with zero attached hydrogens (tertiary/aromatic N) is 1. The number of esters is 1. The van der Waals surface area contributed by atoms with Crippen LogP contribution in [0, 0.1) is 17.2 Å². The van der Waals surface area contributed by atoms with Crippen molar-refractivity contribution in [1.29, 1.82) is 5.26 Å². The fourth-order valence-electron chi connectivity index (χ4n) is 2.97. The lowest BCUT2D eigenvalue weighted by Crippen LogP contribution is -2.54. The van der Waals surface area contributed by atoms with Gasteiger partial charge in [-0.25, -0.2) is 9.59 Å². The molecule has 0 radical (unpaired) electrons. The summed E-state index contributed by atoms with van der Waals surface area (Å²) in [4.78, 5) is 37.4. The molecule has 0 unspecified atom stereocenters. The zero-order valence-electron chi connectivity index (χ0n) is 18.3. The van der Waals surface area contributed by atoms with Crippen LogP contribution >= 0.6 is 0 Å². The van der Waals surface area contributed by atoms with Crippen LogP contribution in [0.5, 0.6) is 0 Å². The first-order chi connectivity index (χ1) is 15.3. The summed E-state index contributed by atoms with van der Waals surface area (Å²) < 4.78 is 10.0. The highest BCUT2D eigenvalue weighted by molar-refractivity contribution is 5.90. The van der Waals surface area contributed by atoms with Crippen LogP contribution in [0.2, 0.25) is 0 Å². The van der Waals surface area contributed by atoms with Crippen molar-refractivity contribution in [1.82, 2.24) is 10.6 Å². The number of alkyl carbamates (subject to hydrolysis) is 1. The van der Waals surface area contributed by atoms with Crippen LogP contribution in [0.1, 0.15) is 30.5 Å². The van der Waals surface area contributed by atoms with Crippen molar-refractivity contribution in [2.75, 3.05) is 7.11 Å². The highest BCUT2D eigenvalue weighted by Gasteiger charge is 2.29. The second-order valence-corrected chi connectivity index (χ2v) is 7.52. The summed E-state index contributed by atoms with van der Waals surface area (Å²) in [5.41, 5.74) is 2.06. The predicted molar refractivity (Wildman–Crippen MR) is 117 cm³/mol. The highest BCUT2D eigenvalue weighted by Crippen LogP contribution is 2.10. The van der Waals surface area contributed by atoms with Crippen LogP contribution in [0.15, 0.2) is 54.6 Å². The Hall–Kier alpha value is -3.86. The van der Waals surface area contributed by atoms with Gasteiger partial charge >= 0.3 is 12.1 Å². The van der Waals surface area contributed by atoms with E-state index < -0.39 is 30.1 Å². The Labute approximate surface area is 187 Å². The Morgan fingerprint density at radius 3 is 2.19 bits per heavy atom. The number of nitrogens with one attached hydrogen (secondary N) is 2. The van der Waals surface area contributed by atoms with E-state index in [0.717, 1.165) is 11.1 Å². The molecule has 0 aliphatic heterocycles. The number of methoxy groups -OCH3 is 1. The van der Waals surface area contributed by atoms with Gasteiger partial charge in [0, 0.05) is 6.42 Å². The molecule has 2 aromatic carbocycles. The van der Waals surface area contributed by atoms with Gasteiger partial charge in [-0.2, -0.15) is 5.26 Å². The molecule has 2 amide bonds. The van der Waals surface area contributed by atoms with Crippen LogP contribution < -0.4 is 10.6 Å². The Morgan fingerprint density at radius 2 is 1.62 bits per heavy atom. The average Bonchev–Trinajstić information content (AvgIpc) is 2.81. The second-order valence-electron chi connectivity index (χ2n) is 7.52. The molecule has 2 N–H and O–H groups in total. The first kappa shape index (κ1) is 24.4. The maximum absolute atomic E-state index is 12.9. The minimum absolute atomic E-state index is 0.0720. The quantitative estimate of drug-likeness (QED) is 0.583. The van der Waals surface area contributed by atoms with Gasteiger partial charge < -0.3 is 20.1 Å². The monoisotopic (exact) mass is 437 g/mol. The minimum Gasteiger partial charge on any atom is -0.467 e. The van der Waals surface area contributed by atoms with E-state index in [1.165, 1.54) is 7.11 Å². The van der Waals surface area contributed by atoms with Gasteiger partial charge in [0.05, 0.1) is 18.7 Å². The average molecular weight is 437 g/mol. The molecule has 0 fully saturated rings. The molecular weight excluding hydrogens is 410 g/mol. The molecule has 0 aliphatic rings. The van der Waals surface area contributed by atoms with E-state index >= 15 is 0 Å². The number of hydrogen-bond acceptors (Lipinski definition) is 6. The van der Waals surface area contributed by atoms with E-state index in [1.54, 1.807) is 38.1 Å². The molecule has 2 aromatic rings. The summed E-state index contributed by atoms with van der Waals surface area (Å²) in [6.07, 6.45) is -0.558. The standard InChI is InChI=1S/C24H27N3O5/c1-16(2)21(27-24(30)32-15-19-7-5-4-6-8-19)22(28)26-20(23(29)31-3)13-17-9-11-18(14-25)12-10-17/h4-12,16,20-21H,13,15H2,1-3H3,(H,26,28)(H,27,30)/t20-,21+/m0/s1. The van der Waals surface area contributed by atoms with Gasteiger partial charge in [0.25, 0.3) is 0 Å². The van der Waals surface area contributed by atoms with Crippen molar-refractivity contribution >= 4 is 18.0 Å². The van der Waals surface area contributed by atoms with E-state index in [-0.39, 0.29) is 18.9 Å². The summed E-state index contributed by atoms with van der Waals surface area (Å²) >= 11 is 0. The Balaban J connectivity index is 2.02. The molecule has 0 heterocycles. The van der Waals surface area contributed by atoms with Crippen molar-refractivity contribution in [2.24, 2.45) is 5.92 Å². The van der Waals surface area contributed by atoms with Crippen molar-refractivity contribution in [2.45, 2.75) is 39.0 Å². The third-order valence-corrected chi connectivity index (χ3v) is 4.76. The van der Waals surface area contributed by atoms with Crippen LogP contribution in [0.3, 0.4) is 0 Å². The van der Waals surface area contributed by atoms with Gasteiger partial charge in [-0.1, -0.05) is 56.3 Å².